The summed E-state index contributed by atoms with van der Waals surface area (Å²) in [6, 6.07) is 60.6. The summed E-state index contributed by atoms with van der Waals surface area (Å²) in [5, 5.41) is 2.53. The van der Waals surface area contributed by atoms with E-state index in [0.717, 1.165) is 33.9 Å². The molecule has 8 aromatic rings. The van der Waals surface area contributed by atoms with Crippen molar-refractivity contribution in [3.8, 4) is 67.3 Å². The van der Waals surface area contributed by atoms with E-state index in [9.17, 15) is 0 Å². The first kappa shape index (κ1) is 29.1. The van der Waals surface area contributed by atoms with Crippen LogP contribution in [0.15, 0.2) is 170 Å². The zero-order chi connectivity index (χ0) is 33.0. The first-order chi connectivity index (χ1) is 24.0. The lowest BCUT2D eigenvalue weighted by Crippen LogP contribution is -2.14. The molecule has 2 nitrogen and oxygen atoms in total. The molecule has 7 aromatic carbocycles. The molecular weight excluding hydrogens is 593 g/mol. The van der Waals surface area contributed by atoms with Crippen LogP contribution in [0.25, 0.3) is 78.1 Å². The monoisotopic (exact) mass is 626 g/mol. The normalized spacial score (nSPS) is 12.9. The molecule has 1 aliphatic rings. The molecule has 0 unspecified atom stereocenters. The Balaban J connectivity index is 1.18. The molecule has 0 fully saturated rings. The van der Waals surface area contributed by atoms with Gasteiger partial charge in [0.2, 0.25) is 0 Å². The first-order valence-electron chi connectivity index (χ1n) is 16.9. The Labute approximate surface area is 287 Å². The Bertz CT molecular complexity index is 2490. The summed E-state index contributed by atoms with van der Waals surface area (Å²) in [6.07, 6.45) is 0. The minimum atomic E-state index is -0.128. The van der Waals surface area contributed by atoms with Gasteiger partial charge in [-0.2, -0.15) is 0 Å². The highest BCUT2D eigenvalue weighted by Crippen LogP contribution is 2.53. The average molecular weight is 627 g/mol. The molecule has 2 heteroatoms. The predicted molar refractivity (Wildman–Crippen MR) is 204 cm³/mol. The maximum atomic E-state index is 5.25. The third-order valence-electron chi connectivity index (χ3n) is 10.1. The number of hydrogen-bond acceptors (Lipinski definition) is 2. The number of fused-ring (bicyclic) bond motifs is 4. The molecule has 0 atom stereocenters. The van der Waals surface area contributed by atoms with Crippen molar-refractivity contribution in [3.63, 3.8) is 0 Å². The van der Waals surface area contributed by atoms with Crippen LogP contribution in [0, 0.1) is 0 Å². The van der Waals surface area contributed by atoms with Crippen LogP contribution in [0.5, 0.6) is 0 Å². The first-order valence-corrected chi connectivity index (χ1v) is 16.9. The van der Waals surface area contributed by atoms with Crippen molar-refractivity contribution in [1.82, 2.24) is 9.97 Å². The van der Waals surface area contributed by atoms with Crippen LogP contribution >= 0.6 is 0 Å². The van der Waals surface area contributed by atoms with Gasteiger partial charge >= 0.3 is 0 Å². The summed E-state index contributed by atoms with van der Waals surface area (Å²) < 4.78 is 0. The maximum absolute atomic E-state index is 5.25. The fourth-order valence-electron chi connectivity index (χ4n) is 7.48. The third-order valence-corrected chi connectivity index (χ3v) is 10.1. The second kappa shape index (κ2) is 11.5. The zero-order valence-electron chi connectivity index (χ0n) is 27.6. The van der Waals surface area contributed by atoms with Gasteiger partial charge in [-0.05, 0) is 79.5 Å². The van der Waals surface area contributed by atoms with E-state index >= 15 is 0 Å². The van der Waals surface area contributed by atoms with Crippen molar-refractivity contribution in [2.45, 2.75) is 19.3 Å². The smallest absolute Gasteiger partial charge is 0.160 e. The molecule has 0 aliphatic heterocycles. The summed E-state index contributed by atoms with van der Waals surface area (Å²) in [6.45, 7) is 4.68. The Hall–Kier alpha value is -6.12. The number of benzene rings is 7. The zero-order valence-corrected chi connectivity index (χ0v) is 27.6. The van der Waals surface area contributed by atoms with E-state index in [1.54, 1.807) is 0 Å². The lowest BCUT2D eigenvalue weighted by Gasteiger charge is -2.22. The quantitative estimate of drug-likeness (QED) is 0.190. The van der Waals surface area contributed by atoms with Gasteiger partial charge in [0.05, 0.1) is 11.4 Å². The molecule has 0 bridgehead atoms. The lowest BCUT2D eigenvalue weighted by atomic mass is 9.81. The van der Waals surface area contributed by atoms with E-state index in [1.807, 2.05) is 18.2 Å². The van der Waals surface area contributed by atoms with Gasteiger partial charge in [-0.15, -0.1) is 0 Å². The van der Waals surface area contributed by atoms with Gasteiger partial charge < -0.3 is 0 Å². The molecule has 1 aromatic heterocycles. The van der Waals surface area contributed by atoms with Crippen molar-refractivity contribution in [2.24, 2.45) is 0 Å². The number of rotatable bonds is 5. The number of nitrogens with zero attached hydrogens (tertiary/aromatic N) is 2. The van der Waals surface area contributed by atoms with Crippen molar-refractivity contribution in [2.75, 3.05) is 0 Å². The Morgan fingerprint density at radius 2 is 0.918 bits per heavy atom. The summed E-state index contributed by atoms with van der Waals surface area (Å²) in [7, 11) is 0. The molecule has 1 aliphatic carbocycles. The summed E-state index contributed by atoms with van der Waals surface area (Å²) >= 11 is 0. The largest absolute Gasteiger partial charge is 0.228 e. The molecule has 9 rings (SSSR count). The van der Waals surface area contributed by atoms with E-state index in [2.05, 4.69) is 166 Å². The second-order valence-corrected chi connectivity index (χ2v) is 13.5. The highest BCUT2D eigenvalue weighted by molar-refractivity contribution is 5.98. The molecule has 49 heavy (non-hydrogen) atoms. The van der Waals surface area contributed by atoms with Crippen LogP contribution in [-0.4, -0.2) is 9.97 Å². The average Bonchev–Trinajstić information content (AvgIpc) is 3.39. The van der Waals surface area contributed by atoms with Gasteiger partial charge in [-0.25, -0.2) is 9.97 Å². The molecule has 0 N–H and O–H groups in total. The van der Waals surface area contributed by atoms with Crippen molar-refractivity contribution in [1.29, 1.82) is 0 Å². The van der Waals surface area contributed by atoms with E-state index in [0.29, 0.717) is 0 Å². The van der Waals surface area contributed by atoms with Gasteiger partial charge in [0.25, 0.3) is 0 Å². The Morgan fingerprint density at radius 3 is 1.63 bits per heavy atom. The van der Waals surface area contributed by atoms with E-state index in [4.69, 9.17) is 9.97 Å². The molecule has 0 saturated carbocycles. The summed E-state index contributed by atoms with van der Waals surface area (Å²) in [5.74, 6) is 0.723. The molecule has 0 saturated heterocycles. The highest BCUT2D eigenvalue weighted by Gasteiger charge is 2.37. The van der Waals surface area contributed by atoms with E-state index < -0.39 is 0 Å². The van der Waals surface area contributed by atoms with Gasteiger partial charge in [0.15, 0.2) is 5.82 Å². The Kier molecular flexibility index (Phi) is 6.84. The van der Waals surface area contributed by atoms with E-state index in [-0.39, 0.29) is 5.41 Å². The fraction of sp³-hybridized carbons (Fsp3) is 0.0638. The molecular formula is C47H34N2. The number of hydrogen-bond donors (Lipinski definition) is 0. The fourth-order valence-corrected chi connectivity index (χ4v) is 7.48. The van der Waals surface area contributed by atoms with Gasteiger partial charge in [-0.1, -0.05) is 159 Å². The molecule has 0 spiro atoms. The van der Waals surface area contributed by atoms with Gasteiger partial charge in [-0.3, -0.25) is 0 Å². The third kappa shape index (κ3) is 5.05. The van der Waals surface area contributed by atoms with Crippen molar-refractivity contribution >= 4 is 10.8 Å². The van der Waals surface area contributed by atoms with Gasteiger partial charge in [0, 0.05) is 22.1 Å². The highest BCUT2D eigenvalue weighted by atomic mass is 14.9. The Morgan fingerprint density at radius 1 is 0.367 bits per heavy atom. The summed E-state index contributed by atoms with van der Waals surface area (Å²) in [4.78, 5) is 10.4. The van der Waals surface area contributed by atoms with Gasteiger partial charge in [0.1, 0.15) is 0 Å². The maximum Gasteiger partial charge on any atom is 0.160 e. The summed E-state index contributed by atoms with van der Waals surface area (Å²) in [5.41, 5.74) is 14.9. The van der Waals surface area contributed by atoms with E-state index in [1.165, 1.54) is 55.3 Å². The second-order valence-electron chi connectivity index (χ2n) is 13.5. The molecule has 0 radical (unpaired) electrons. The molecule has 0 amide bonds. The van der Waals surface area contributed by atoms with Crippen LogP contribution in [0.1, 0.15) is 25.0 Å². The topological polar surface area (TPSA) is 25.8 Å². The number of aromatic nitrogens is 2. The van der Waals surface area contributed by atoms with Crippen LogP contribution in [-0.2, 0) is 5.41 Å². The SMILES string of the molecule is CC1(C)c2cc3ccccc3cc2-c2c(-c3cc(-c4ccc(-c5cccc(-c6ccccc6)c5)cc4)nc(-c4ccccc4)n3)cccc21. The minimum absolute atomic E-state index is 0.128. The van der Waals surface area contributed by atoms with Crippen molar-refractivity contribution < 1.29 is 0 Å². The lowest BCUT2D eigenvalue weighted by molar-refractivity contribution is 0.661. The standard InChI is InChI=1S/C47H34N2/c1-47(2)41-22-12-21-39(45(41)40-28-37-17-9-10-18-38(37)29-42(40)47)44-30-43(48-46(49-44)34-15-7-4-8-16-34)33-25-23-32(24-26-33)36-20-11-19-35(27-36)31-13-5-3-6-14-31/h3-30H,1-2H3. The molecule has 1 heterocycles. The van der Waals surface area contributed by atoms with Crippen LogP contribution < -0.4 is 0 Å². The van der Waals surface area contributed by atoms with Crippen LogP contribution in [0.3, 0.4) is 0 Å². The van der Waals surface area contributed by atoms with Crippen LogP contribution in [0.2, 0.25) is 0 Å². The van der Waals surface area contributed by atoms with Crippen LogP contribution in [0.4, 0.5) is 0 Å². The predicted octanol–water partition coefficient (Wildman–Crippen LogP) is 12.3. The molecule has 232 valence electrons. The van der Waals surface area contributed by atoms with Crippen molar-refractivity contribution in [3.05, 3.63) is 181 Å². The minimum Gasteiger partial charge on any atom is -0.228 e.